The number of hydrogen-bond donors (Lipinski definition) is 2. The SMILES string of the molecule is Cn1c(Nc2c(Cl)ccc(CNC(=O)C(C)(C)C)c2Cl)nc2ccc(N3CCC(C(F)(F)F)CC3)cc21. The van der Waals surface area contributed by atoms with Crippen molar-refractivity contribution in [1.29, 1.82) is 0 Å². The van der Waals surface area contributed by atoms with Crippen molar-refractivity contribution in [3.8, 4) is 0 Å². The van der Waals surface area contributed by atoms with Crippen molar-refractivity contribution in [3.05, 3.63) is 45.9 Å². The summed E-state index contributed by atoms with van der Waals surface area (Å²) in [4.78, 5) is 18.9. The predicted molar refractivity (Wildman–Crippen MR) is 143 cm³/mol. The van der Waals surface area contributed by atoms with Gasteiger partial charge in [-0.15, -0.1) is 0 Å². The van der Waals surface area contributed by atoms with E-state index in [4.69, 9.17) is 23.2 Å². The Morgan fingerprint density at radius 1 is 1.11 bits per heavy atom. The molecule has 200 valence electrons. The van der Waals surface area contributed by atoms with E-state index in [1.165, 1.54) is 0 Å². The minimum Gasteiger partial charge on any atom is -0.371 e. The van der Waals surface area contributed by atoms with Crippen LogP contribution < -0.4 is 15.5 Å². The number of fused-ring (bicyclic) bond motifs is 1. The molecule has 1 aliphatic heterocycles. The molecule has 1 aromatic heterocycles. The Bertz CT molecular complexity index is 1310. The largest absolute Gasteiger partial charge is 0.391 e. The number of piperidine rings is 1. The lowest BCUT2D eigenvalue weighted by atomic mass is 9.95. The van der Waals surface area contributed by atoms with Crippen LogP contribution in [-0.4, -0.2) is 34.7 Å². The summed E-state index contributed by atoms with van der Waals surface area (Å²) < 4.78 is 41.0. The number of alkyl halides is 3. The van der Waals surface area contributed by atoms with Crippen LogP contribution in [0.25, 0.3) is 11.0 Å². The van der Waals surface area contributed by atoms with Crippen LogP contribution in [0.3, 0.4) is 0 Å². The Morgan fingerprint density at radius 3 is 2.41 bits per heavy atom. The maximum absolute atomic E-state index is 13.0. The lowest BCUT2D eigenvalue weighted by molar-refractivity contribution is -0.179. The number of amides is 1. The van der Waals surface area contributed by atoms with Crippen LogP contribution in [0.5, 0.6) is 0 Å². The summed E-state index contributed by atoms with van der Waals surface area (Å²) in [5, 5.41) is 6.88. The quantitative estimate of drug-likeness (QED) is 0.353. The molecule has 37 heavy (non-hydrogen) atoms. The number of carbonyl (C=O) groups is 1. The first-order chi connectivity index (χ1) is 17.3. The van der Waals surface area contributed by atoms with Crippen LogP contribution in [0.1, 0.15) is 39.2 Å². The molecule has 1 aliphatic rings. The zero-order valence-electron chi connectivity index (χ0n) is 21.1. The Kier molecular flexibility index (Phi) is 7.59. The third-order valence-corrected chi connectivity index (χ3v) is 7.46. The zero-order valence-corrected chi connectivity index (χ0v) is 22.7. The molecule has 0 aliphatic carbocycles. The van der Waals surface area contributed by atoms with E-state index in [0.29, 0.717) is 40.3 Å². The second kappa shape index (κ2) is 10.3. The Morgan fingerprint density at radius 2 is 1.78 bits per heavy atom. The molecular formula is C26H30Cl2F3N5O. The van der Waals surface area contributed by atoms with E-state index in [9.17, 15) is 18.0 Å². The van der Waals surface area contributed by atoms with Crippen molar-refractivity contribution in [2.45, 2.75) is 46.3 Å². The third kappa shape index (κ3) is 5.93. The van der Waals surface area contributed by atoms with Gasteiger partial charge in [-0.05, 0) is 42.7 Å². The molecule has 0 spiro atoms. The highest BCUT2D eigenvalue weighted by Gasteiger charge is 2.41. The summed E-state index contributed by atoms with van der Waals surface area (Å²) in [7, 11) is 1.84. The number of benzene rings is 2. The lowest BCUT2D eigenvalue weighted by Gasteiger charge is -2.34. The van der Waals surface area contributed by atoms with Crippen molar-refractivity contribution in [2.75, 3.05) is 23.3 Å². The van der Waals surface area contributed by atoms with E-state index in [-0.39, 0.29) is 25.3 Å². The highest BCUT2D eigenvalue weighted by atomic mass is 35.5. The van der Waals surface area contributed by atoms with Gasteiger partial charge in [-0.1, -0.05) is 50.0 Å². The number of imidazole rings is 1. The fraction of sp³-hybridized carbons (Fsp3) is 0.462. The van der Waals surface area contributed by atoms with Crippen molar-refractivity contribution in [2.24, 2.45) is 18.4 Å². The molecule has 4 rings (SSSR count). The van der Waals surface area contributed by atoms with Crippen LogP contribution >= 0.6 is 23.2 Å². The molecule has 1 amide bonds. The molecular weight excluding hydrogens is 526 g/mol. The van der Waals surface area contributed by atoms with Gasteiger partial charge in [0.2, 0.25) is 11.9 Å². The molecule has 11 heteroatoms. The van der Waals surface area contributed by atoms with Crippen molar-refractivity contribution < 1.29 is 18.0 Å². The average molecular weight is 556 g/mol. The molecule has 2 aromatic carbocycles. The van der Waals surface area contributed by atoms with E-state index < -0.39 is 17.5 Å². The number of anilines is 3. The molecule has 2 N–H and O–H groups in total. The monoisotopic (exact) mass is 555 g/mol. The van der Waals surface area contributed by atoms with E-state index in [1.807, 2.05) is 55.5 Å². The summed E-state index contributed by atoms with van der Waals surface area (Å²) in [6.07, 6.45) is -3.97. The smallest absolute Gasteiger partial charge is 0.371 e. The summed E-state index contributed by atoms with van der Waals surface area (Å²) in [5.74, 6) is -0.837. The molecule has 0 bridgehead atoms. The second-order valence-electron chi connectivity index (χ2n) is 10.4. The number of aryl methyl sites for hydroxylation is 1. The molecule has 0 unspecified atom stereocenters. The van der Waals surface area contributed by atoms with Crippen LogP contribution in [-0.2, 0) is 18.4 Å². The highest BCUT2D eigenvalue weighted by Crippen LogP contribution is 2.38. The van der Waals surface area contributed by atoms with E-state index in [1.54, 1.807) is 12.1 Å². The van der Waals surface area contributed by atoms with Gasteiger partial charge in [-0.25, -0.2) is 4.98 Å². The van der Waals surface area contributed by atoms with Crippen LogP contribution in [0.2, 0.25) is 10.0 Å². The first-order valence-corrected chi connectivity index (χ1v) is 12.8. The average Bonchev–Trinajstić information content (AvgIpc) is 3.14. The molecule has 0 radical (unpaired) electrons. The summed E-state index contributed by atoms with van der Waals surface area (Å²) in [6, 6.07) is 9.14. The van der Waals surface area contributed by atoms with Gasteiger partial charge >= 0.3 is 6.18 Å². The minimum absolute atomic E-state index is 0.0866. The third-order valence-electron chi connectivity index (χ3n) is 6.72. The molecule has 3 aromatic rings. The minimum atomic E-state index is -4.14. The van der Waals surface area contributed by atoms with E-state index in [2.05, 4.69) is 15.6 Å². The van der Waals surface area contributed by atoms with Gasteiger partial charge in [0.15, 0.2) is 0 Å². The van der Waals surface area contributed by atoms with Crippen molar-refractivity contribution >= 4 is 57.5 Å². The van der Waals surface area contributed by atoms with Crippen molar-refractivity contribution in [3.63, 3.8) is 0 Å². The molecule has 0 atom stereocenters. The highest BCUT2D eigenvalue weighted by molar-refractivity contribution is 6.39. The maximum atomic E-state index is 13.0. The summed E-state index contributed by atoms with van der Waals surface area (Å²) in [6.45, 7) is 6.45. The first kappa shape index (κ1) is 27.4. The summed E-state index contributed by atoms with van der Waals surface area (Å²) in [5.41, 5.74) is 3.04. The predicted octanol–water partition coefficient (Wildman–Crippen LogP) is 7.06. The topological polar surface area (TPSA) is 62.2 Å². The van der Waals surface area contributed by atoms with Gasteiger partial charge in [-0.3, -0.25) is 4.79 Å². The van der Waals surface area contributed by atoms with Gasteiger partial charge in [0.1, 0.15) is 0 Å². The number of hydrogen-bond acceptors (Lipinski definition) is 4. The van der Waals surface area contributed by atoms with Crippen LogP contribution in [0.4, 0.5) is 30.5 Å². The fourth-order valence-electron chi connectivity index (χ4n) is 4.35. The Hall–Kier alpha value is -2.65. The summed E-state index contributed by atoms with van der Waals surface area (Å²) >= 11 is 13.1. The Balaban J connectivity index is 1.54. The Labute approximate surface area is 224 Å². The van der Waals surface area contributed by atoms with E-state index >= 15 is 0 Å². The van der Waals surface area contributed by atoms with Crippen molar-refractivity contribution in [1.82, 2.24) is 14.9 Å². The molecule has 1 saturated heterocycles. The fourth-order valence-corrected chi connectivity index (χ4v) is 4.88. The first-order valence-electron chi connectivity index (χ1n) is 12.1. The number of halogens is 5. The molecule has 2 heterocycles. The van der Waals surface area contributed by atoms with Gasteiger partial charge in [0.25, 0.3) is 0 Å². The number of carbonyl (C=O) groups excluding carboxylic acids is 1. The van der Waals surface area contributed by atoms with Gasteiger partial charge in [0, 0.05) is 37.8 Å². The zero-order chi connectivity index (χ0) is 27.1. The van der Waals surface area contributed by atoms with Crippen LogP contribution in [0, 0.1) is 11.3 Å². The van der Waals surface area contributed by atoms with E-state index in [0.717, 1.165) is 16.7 Å². The number of nitrogens with one attached hydrogen (secondary N) is 2. The van der Waals surface area contributed by atoms with Gasteiger partial charge < -0.3 is 20.1 Å². The lowest BCUT2D eigenvalue weighted by Crippen LogP contribution is -2.38. The van der Waals surface area contributed by atoms with Gasteiger partial charge in [0.05, 0.1) is 32.7 Å². The number of rotatable bonds is 5. The maximum Gasteiger partial charge on any atom is 0.391 e. The van der Waals surface area contributed by atoms with Gasteiger partial charge in [-0.2, -0.15) is 13.2 Å². The molecule has 6 nitrogen and oxygen atoms in total. The molecule has 0 saturated carbocycles. The van der Waals surface area contributed by atoms with Crippen LogP contribution in [0.15, 0.2) is 30.3 Å². The standard InChI is InChI=1S/C26H30Cl2F3N5O/c1-25(2,3)23(37)32-14-15-5-7-18(27)22(21(15)28)34-24-33-19-8-6-17(13-20(19)35(24)4)36-11-9-16(10-12-36)26(29,30)31/h5-8,13,16H,9-12,14H2,1-4H3,(H,32,37)(H,33,34). The molecule has 1 fully saturated rings. The second-order valence-corrected chi connectivity index (χ2v) is 11.2. The normalized spacial score (nSPS) is 15.3. The number of aromatic nitrogens is 2. The number of nitrogens with zero attached hydrogens (tertiary/aromatic N) is 3.